The molecule has 0 heterocycles. The standard InChI is InChI=1S/C15H20O/c1-13(2)15-10-8-14(9-11-15)7-5-3-4-6-12-16/h3-6,8-11,13,16H,7,12H2,1-2H3/b5-3+,6-4+. The van der Waals surface area contributed by atoms with Gasteiger partial charge in [-0.1, -0.05) is 62.4 Å². The van der Waals surface area contributed by atoms with E-state index in [0.29, 0.717) is 5.92 Å². The Balaban J connectivity index is 2.49. The first-order valence-corrected chi connectivity index (χ1v) is 5.75. The molecule has 1 aromatic rings. The second-order valence-electron chi connectivity index (χ2n) is 4.14. The van der Waals surface area contributed by atoms with Gasteiger partial charge in [-0.15, -0.1) is 0 Å². The number of benzene rings is 1. The first-order valence-electron chi connectivity index (χ1n) is 5.75. The average Bonchev–Trinajstić information content (AvgIpc) is 2.29. The predicted octanol–water partition coefficient (Wildman–Crippen LogP) is 3.46. The molecule has 0 radical (unpaired) electrons. The molecule has 0 aromatic heterocycles. The molecule has 1 nitrogen and oxygen atoms in total. The number of hydrogen-bond acceptors (Lipinski definition) is 1. The molecule has 0 fully saturated rings. The van der Waals surface area contributed by atoms with E-state index < -0.39 is 0 Å². The molecule has 0 atom stereocenters. The molecule has 0 saturated carbocycles. The molecule has 0 spiro atoms. The lowest BCUT2D eigenvalue weighted by atomic mass is 10.0. The highest BCUT2D eigenvalue weighted by atomic mass is 16.2. The third-order valence-corrected chi connectivity index (χ3v) is 2.49. The Labute approximate surface area is 98.1 Å². The maximum Gasteiger partial charge on any atom is 0.0615 e. The highest BCUT2D eigenvalue weighted by molar-refractivity contribution is 5.26. The van der Waals surface area contributed by atoms with Crippen LogP contribution in [0.25, 0.3) is 0 Å². The molecule has 0 aliphatic rings. The molecule has 1 heteroatoms. The van der Waals surface area contributed by atoms with Crippen LogP contribution in [0.15, 0.2) is 48.6 Å². The Morgan fingerprint density at radius 3 is 2.25 bits per heavy atom. The molecule has 0 aliphatic heterocycles. The highest BCUT2D eigenvalue weighted by Gasteiger charge is 1.97. The fourth-order valence-corrected chi connectivity index (χ4v) is 1.46. The van der Waals surface area contributed by atoms with Crippen LogP contribution < -0.4 is 0 Å². The van der Waals surface area contributed by atoms with Crippen molar-refractivity contribution in [3.8, 4) is 0 Å². The lowest BCUT2D eigenvalue weighted by molar-refractivity contribution is 0.343. The molecule has 0 saturated heterocycles. The minimum Gasteiger partial charge on any atom is -0.392 e. The zero-order valence-corrected chi connectivity index (χ0v) is 10.1. The van der Waals surface area contributed by atoms with Crippen LogP contribution in [0.2, 0.25) is 0 Å². The molecule has 1 N–H and O–H groups in total. The first kappa shape index (κ1) is 12.7. The lowest BCUT2D eigenvalue weighted by Gasteiger charge is -2.05. The van der Waals surface area contributed by atoms with E-state index in [-0.39, 0.29) is 6.61 Å². The molecule has 86 valence electrons. The van der Waals surface area contributed by atoms with Gasteiger partial charge >= 0.3 is 0 Å². The van der Waals surface area contributed by atoms with Gasteiger partial charge in [0, 0.05) is 0 Å². The van der Waals surface area contributed by atoms with E-state index in [1.165, 1.54) is 11.1 Å². The van der Waals surface area contributed by atoms with Gasteiger partial charge in [0.25, 0.3) is 0 Å². The number of aliphatic hydroxyl groups excluding tert-OH is 1. The summed E-state index contributed by atoms with van der Waals surface area (Å²) in [6.07, 6.45) is 8.58. The van der Waals surface area contributed by atoms with Crippen molar-refractivity contribution in [1.82, 2.24) is 0 Å². The Kier molecular flexibility index (Phi) is 5.58. The van der Waals surface area contributed by atoms with Crippen LogP contribution in [-0.2, 0) is 6.42 Å². The zero-order chi connectivity index (χ0) is 11.8. The Hall–Kier alpha value is -1.34. The van der Waals surface area contributed by atoms with Gasteiger partial charge in [-0.3, -0.25) is 0 Å². The summed E-state index contributed by atoms with van der Waals surface area (Å²) in [6.45, 7) is 4.51. The molecule has 0 aliphatic carbocycles. The summed E-state index contributed by atoms with van der Waals surface area (Å²) in [7, 11) is 0. The van der Waals surface area contributed by atoms with Crippen molar-refractivity contribution in [2.45, 2.75) is 26.2 Å². The van der Waals surface area contributed by atoms with Gasteiger partial charge in [-0.2, -0.15) is 0 Å². The molecule has 1 rings (SSSR count). The summed E-state index contributed by atoms with van der Waals surface area (Å²) in [5.41, 5.74) is 2.70. The number of hydrogen-bond donors (Lipinski definition) is 1. The lowest BCUT2D eigenvalue weighted by Crippen LogP contribution is -1.87. The van der Waals surface area contributed by atoms with Crippen LogP contribution in [-0.4, -0.2) is 11.7 Å². The molecular weight excluding hydrogens is 196 g/mol. The van der Waals surface area contributed by atoms with Crippen LogP contribution in [0.3, 0.4) is 0 Å². The van der Waals surface area contributed by atoms with Gasteiger partial charge in [-0.25, -0.2) is 0 Å². The van der Waals surface area contributed by atoms with E-state index in [0.717, 1.165) is 6.42 Å². The van der Waals surface area contributed by atoms with E-state index in [9.17, 15) is 0 Å². The van der Waals surface area contributed by atoms with Crippen LogP contribution in [0.4, 0.5) is 0 Å². The average molecular weight is 216 g/mol. The first-order chi connectivity index (χ1) is 7.74. The predicted molar refractivity (Wildman–Crippen MR) is 69.6 cm³/mol. The fraction of sp³-hybridized carbons (Fsp3) is 0.333. The minimum atomic E-state index is 0.105. The SMILES string of the molecule is CC(C)c1ccc(C/C=C/C=C/CO)cc1. The highest BCUT2D eigenvalue weighted by Crippen LogP contribution is 2.14. The molecule has 16 heavy (non-hydrogen) atoms. The summed E-state index contributed by atoms with van der Waals surface area (Å²) >= 11 is 0. The summed E-state index contributed by atoms with van der Waals surface area (Å²) in [5, 5.41) is 8.54. The van der Waals surface area contributed by atoms with Crippen molar-refractivity contribution < 1.29 is 5.11 Å². The third kappa shape index (κ3) is 4.45. The number of allylic oxidation sites excluding steroid dienone is 3. The third-order valence-electron chi connectivity index (χ3n) is 2.49. The zero-order valence-electron chi connectivity index (χ0n) is 10.1. The molecule has 1 aromatic carbocycles. The Bertz CT molecular complexity index is 344. The Morgan fingerprint density at radius 2 is 1.69 bits per heavy atom. The van der Waals surface area contributed by atoms with Crippen molar-refractivity contribution in [2.24, 2.45) is 0 Å². The fourth-order valence-electron chi connectivity index (χ4n) is 1.46. The molecule has 0 amide bonds. The summed E-state index contributed by atoms with van der Waals surface area (Å²) < 4.78 is 0. The number of rotatable bonds is 5. The van der Waals surface area contributed by atoms with E-state index in [2.05, 4.69) is 44.2 Å². The normalized spacial score (nSPS) is 12.0. The maximum absolute atomic E-state index is 8.54. The summed E-state index contributed by atoms with van der Waals surface area (Å²) in [4.78, 5) is 0. The van der Waals surface area contributed by atoms with Crippen LogP contribution in [0, 0.1) is 0 Å². The maximum atomic E-state index is 8.54. The van der Waals surface area contributed by atoms with Crippen molar-refractivity contribution in [3.63, 3.8) is 0 Å². The smallest absolute Gasteiger partial charge is 0.0615 e. The quantitative estimate of drug-likeness (QED) is 0.747. The van der Waals surface area contributed by atoms with Gasteiger partial charge in [0.15, 0.2) is 0 Å². The largest absolute Gasteiger partial charge is 0.392 e. The van der Waals surface area contributed by atoms with E-state index in [1.54, 1.807) is 6.08 Å². The van der Waals surface area contributed by atoms with Crippen LogP contribution >= 0.6 is 0 Å². The van der Waals surface area contributed by atoms with Crippen molar-refractivity contribution in [1.29, 1.82) is 0 Å². The van der Waals surface area contributed by atoms with E-state index in [4.69, 9.17) is 5.11 Å². The van der Waals surface area contributed by atoms with Gasteiger partial charge in [0.05, 0.1) is 6.61 Å². The number of aliphatic hydroxyl groups is 1. The van der Waals surface area contributed by atoms with Gasteiger partial charge in [-0.05, 0) is 23.5 Å². The van der Waals surface area contributed by atoms with E-state index in [1.807, 2.05) is 12.2 Å². The summed E-state index contributed by atoms with van der Waals surface area (Å²) in [5.74, 6) is 0.595. The Morgan fingerprint density at radius 1 is 1.06 bits per heavy atom. The molecule has 0 unspecified atom stereocenters. The monoisotopic (exact) mass is 216 g/mol. The van der Waals surface area contributed by atoms with Crippen molar-refractivity contribution in [3.05, 3.63) is 59.7 Å². The van der Waals surface area contributed by atoms with Crippen molar-refractivity contribution >= 4 is 0 Å². The van der Waals surface area contributed by atoms with Crippen molar-refractivity contribution in [2.75, 3.05) is 6.61 Å². The second kappa shape index (κ2) is 7.02. The topological polar surface area (TPSA) is 20.2 Å². The second-order valence-corrected chi connectivity index (χ2v) is 4.14. The molecule has 0 bridgehead atoms. The van der Waals surface area contributed by atoms with Gasteiger partial charge in [0.1, 0.15) is 0 Å². The van der Waals surface area contributed by atoms with Crippen LogP contribution in [0.5, 0.6) is 0 Å². The van der Waals surface area contributed by atoms with Crippen LogP contribution in [0.1, 0.15) is 30.9 Å². The van der Waals surface area contributed by atoms with Gasteiger partial charge in [0.2, 0.25) is 0 Å². The van der Waals surface area contributed by atoms with E-state index >= 15 is 0 Å². The van der Waals surface area contributed by atoms with Gasteiger partial charge < -0.3 is 5.11 Å². The molecular formula is C15H20O. The summed E-state index contributed by atoms with van der Waals surface area (Å²) in [6, 6.07) is 8.74. The minimum absolute atomic E-state index is 0.105.